The molecule has 0 fully saturated rings. The molecule has 220 valence electrons. The summed E-state index contributed by atoms with van der Waals surface area (Å²) >= 11 is 6.63. The number of methoxy groups -OCH3 is 1. The second-order valence-electron chi connectivity index (χ2n) is 10.1. The molecule has 0 aliphatic carbocycles. The summed E-state index contributed by atoms with van der Waals surface area (Å²) in [6, 6.07) is 11.6. The summed E-state index contributed by atoms with van der Waals surface area (Å²) in [6.45, 7) is 3.64. The smallest absolute Gasteiger partial charge is 0.354 e. The Bertz CT molecular complexity index is 1830. The van der Waals surface area contributed by atoms with E-state index in [0.717, 1.165) is 21.0 Å². The van der Waals surface area contributed by atoms with Crippen LogP contribution in [-0.2, 0) is 24.9 Å². The summed E-state index contributed by atoms with van der Waals surface area (Å²) < 4.78 is 56.2. The molecule has 0 unspecified atom stereocenters. The maximum atomic E-state index is 14.2. The first-order valence-electron chi connectivity index (χ1n) is 13.2. The van der Waals surface area contributed by atoms with E-state index in [1.165, 1.54) is 26.3 Å². The van der Waals surface area contributed by atoms with E-state index >= 15 is 0 Å². The lowest BCUT2D eigenvalue weighted by Crippen LogP contribution is -2.13. The van der Waals surface area contributed by atoms with Gasteiger partial charge in [-0.15, -0.1) is 0 Å². The van der Waals surface area contributed by atoms with E-state index in [-0.39, 0.29) is 45.7 Å². The second-order valence-corrected chi connectivity index (χ2v) is 10.5. The largest absolute Gasteiger partial charge is 0.493 e. The van der Waals surface area contributed by atoms with Gasteiger partial charge < -0.3 is 19.1 Å². The number of fused-ring (bicyclic) bond motifs is 2. The highest BCUT2D eigenvalue weighted by atomic mass is 35.5. The first kappa shape index (κ1) is 29.5. The highest BCUT2D eigenvalue weighted by molar-refractivity contribution is 6.35. The van der Waals surface area contributed by atoms with Crippen LogP contribution in [0.4, 0.5) is 13.2 Å². The van der Waals surface area contributed by atoms with Gasteiger partial charge >= 0.3 is 5.97 Å². The minimum Gasteiger partial charge on any atom is -0.493 e. The highest BCUT2D eigenvalue weighted by Gasteiger charge is 2.30. The SMILES string of the molecule is COC(=O)c1c(C)c2c(-c3c(CO)nn(C)c3C(F)F)c(Cl)ccc2n1CCCOc1cc(C)cc2cc(F)ccc12. The van der Waals surface area contributed by atoms with Gasteiger partial charge in [0.15, 0.2) is 0 Å². The van der Waals surface area contributed by atoms with E-state index in [4.69, 9.17) is 21.1 Å². The molecular formula is C31H29ClF3N3O4. The highest BCUT2D eigenvalue weighted by Crippen LogP contribution is 2.44. The lowest BCUT2D eigenvalue weighted by molar-refractivity contribution is 0.0587. The number of aryl methyl sites for hydroxylation is 4. The number of aliphatic hydroxyl groups is 1. The van der Waals surface area contributed by atoms with Gasteiger partial charge in [0.25, 0.3) is 6.43 Å². The third-order valence-electron chi connectivity index (χ3n) is 7.38. The van der Waals surface area contributed by atoms with Gasteiger partial charge in [0, 0.05) is 46.0 Å². The number of esters is 1. The number of aromatic nitrogens is 3. The number of benzene rings is 3. The third-order valence-corrected chi connectivity index (χ3v) is 7.69. The molecule has 1 N–H and O–H groups in total. The minimum absolute atomic E-state index is 0.0355. The van der Waals surface area contributed by atoms with Crippen molar-refractivity contribution in [3.63, 3.8) is 0 Å². The van der Waals surface area contributed by atoms with E-state index in [1.54, 1.807) is 29.7 Å². The summed E-state index contributed by atoms with van der Waals surface area (Å²) in [5.74, 6) is -0.309. The Hall–Kier alpha value is -4.02. The molecule has 42 heavy (non-hydrogen) atoms. The molecule has 2 heterocycles. The van der Waals surface area contributed by atoms with Crippen molar-refractivity contribution in [2.24, 2.45) is 7.05 Å². The summed E-state index contributed by atoms with van der Waals surface area (Å²) in [6.07, 6.45) is -2.42. The molecule has 0 saturated heterocycles. The zero-order chi connectivity index (χ0) is 30.3. The molecule has 0 aliphatic heterocycles. The van der Waals surface area contributed by atoms with Gasteiger partial charge in [-0.1, -0.05) is 17.7 Å². The Morgan fingerprint density at radius 3 is 2.57 bits per heavy atom. The lowest BCUT2D eigenvalue weighted by atomic mass is 9.96. The van der Waals surface area contributed by atoms with Crippen LogP contribution in [0, 0.1) is 19.7 Å². The average Bonchev–Trinajstić information content (AvgIpc) is 3.43. The van der Waals surface area contributed by atoms with Crippen LogP contribution in [0.15, 0.2) is 42.5 Å². The van der Waals surface area contributed by atoms with Gasteiger partial charge in [0.05, 0.1) is 26.0 Å². The number of alkyl halides is 2. The van der Waals surface area contributed by atoms with Crippen molar-refractivity contribution in [1.82, 2.24) is 14.3 Å². The van der Waals surface area contributed by atoms with E-state index in [0.29, 0.717) is 35.2 Å². The number of aliphatic hydroxyl groups excluding tert-OH is 1. The summed E-state index contributed by atoms with van der Waals surface area (Å²) in [5, 5.41) is 16.3. The van der Waals surface area contributed by atoms with E-state index < -0.39 is 19.0 Å². The number of halogens is 4. The van der Waals surface area contributed by atoms with Crippen LogP contribution in [0.5, 0.6) is 5.75 Å². The Kier molecular flexibility index (Phi) is 8.21. The Morgan fingerprint density at radius 2 is 1.88 bits per heavy atom. The lowest BCUT2D eigenvalue weighted by Gasteiger charge is -2.14. The number of carbonyl (C=O) groups excluding carboxylic acids is 1. The zero-order valence-corrected chi connectivity index (χ0v) is 24.2. The standard InChI is InChI=1S/C31H29ClF3N3O4/c1-16-12-18-14-19(33)6-7-20(18)24(13-16)42-11-5-10-38-23-9-8-21(32)26(25(23)17(2)28(38)31(40)41-4)27-22(15-39)36-37(3)29(27)30(34)35/h6-9,12-14,30,39H,5,10-11,15H2,1-4H3. The van der Waals surface area contributed by atoms with Crippen LogP contribution in [-0.4, -0.2) is 39.1 Å². The van der Waals surface area contributed by atoms with Crippen LogP contribution in [0.2, 0.25) is 5.02 Å². The molecule has 7 nitrogen and oxygen atoms in total. The fraction of sp³-hybridized carbons (Fsp3) is 0.290. The van der Waals surface area contributed by atoms with Gasteiger partial charge in [-0.05, 0) is 73.2 Å². The van der Waals surface area contributed by atoms with Gasteiger partial charge in [-0.2, -0.15) is 5.10 Å². The third kappa shape index (κ3) is 5.09. The van der Waals surface area contributed by atoms with Crippen LogP contribution in [0.3, 0.4) is 0 Å². The molecule has 0 amide bonds. The van der Waals surface area contributed by atoms with Crippen LogP contribution in [0.1, 0.15) is 45.8 Å². The molecule has 3 aromatic carbocycles. The maximum absolute atomic E-state index is 14.2. The van der Waals surface area contributed by atoms with Crippen LogP contribution >= 0.6 is 11.6 Å². The number of nitrogens with zero attached hydrogens (tertiary/aromatic N) is 3. The number of carbonyl (C=O) groups is 1. The molecule has 0 bridgehead atoms. The zero-order valence-electron chi connectivity index (χ0n) is 23.5. The predicted octanol–water partition coefficient (Wildman–Crippen LogP) is 7.29. The van der Waals surface area contributed by atoms with Crippen molar-refractivity contribution < 1.29 is 32.5 Å². The minimum atomic E-state index is -2.89. The molecule has 5 aromatic rings. The molecule has 0 atom stereocenters. The van der Waals surface area contributed by atoms with Crippen LogP contribution in [0.25, 0.3) is 32.8 Å². The Balaban J connectivity index is 1.56. The van der Waals surface area contributed by atoms with Gasteiger partial charge in [-0.3, -0.25) is 4.68 Å². The molecular weight excluding hydrogens is 571 g/mol. The van der Waals surface area contributed by atoms with Crippen molar-refractivity contribution in [3.05, 3.63) is 81.5 Å². The fourth-order valence-corrected chi connectivity index (χ4v) is 5.90. The second kappa shape index (κ2) is 11.7. The summed E-state index contributed by atoms with van der Waals surface area (Å²) in [7, 11) is 2.65. The quantitative estimate of drug-likeness (QED) is 0.142. The number of hydrogen-bond donors (Lipinski definition) is 1. The van der Waals surface area contributed by atoms with Gasteiger partial charge in [-0.25, -0.2) is 18.0 Å². The molecule has 0 spiro atoms. The maximum Gasteiger partial charge on any atom is 0.354 e. The monoisotopic (exact) mass is 599 g/mol. The Labute approximate surface area is 245 Å². The molecule has 0 radical (unpaired) electrons. The molecule has 2 aromatic heterocycles. The molecule has 0 saturated carbocycles. The number of hydrogen-bond acceptors (Lipinski definition) is 5. The van der Waals surface area contributed by atoms with Gasteiger partial charge in [0.2, 0.25) is 0 Å². The first-order chi connectivity index (χ1) is 20.1. The summed E-state index contributed by atoms with van der Waals surface area (Å²) in [5.41, 5.74) is 2.21. The van der Waals surface area contributed by atoms with Crippen molar-refractivity contribution in [3.8, 4) is 16.9 Å². The van der Waals surface area contributed by atoms with Crippen molar-refractivity contribution in [2.45, 2.75) is 39.8 Å². The summed E-state index contributed by atoms with van der Waals surface area (Å²) in [4.78, 5) is 13.0. The average molecular weight is 600 g/mol. The number of rotatable bonds is 9. The van der Waals surface area contributed by atoms with Crippen molar-refractivity contribution in [1.29, 1.82) is 0 Å². The Morgan fingerprint density at radius 1 is 1.12 bits per heavy atom. The molecule has 0 aliphatic rings. The first-order valence-corrected chi connectivity index (χ1v) is 13.6. The van der Waals surface area contributed by atoms with Crippen LogP contribution < -0.4 is 4.74 Å². The van der Waals surface area contributed by atoms with E-state index in [9.17, 15) is 23.1 Å². The normalized spacial score (nSPS) is 11.7. The van der Waals surface area contributed by atoms with E-state index in [2.05, 4.69) is 5.10 Å². The van der Waals surface area contributed by atoms with Crippen molar-refractivity contribution >= 4 is 39.2 Å². The number of ether oxygens (including phenoxy) is 2. The fourth-order valence-electron chi connectivity index (χ4n) is 5.65. The topological polar surface area (TPSA) is 78.5 Å². The molecule has 11 heteroatoms. The van der Waals surface area contributed by atoms with Gasteiger partial charge in [0.1, 0.15) is 23.0 Å². The predicted molar refractivity (Wildman–Crippen MR) is 155 cm³/mol. The van der Waals surface area contributed by atoms with E-state index in [1.807, 2.05) is 19.1 Å². The molecule has 5 rings (SSSR count). The van der Waals surface area contributed by atoms with Crippen molar-refractivity contribution in [2.75, 3.05) is 13.7 Å².